The zero-order chi connectivity index (χ0) is 16.4. The van der Waals surface area contributed by atoms with E-state index in [4.69, 9.17) is 15.6 Å². The lowest BCUT2D eigenvalue weighted by Gasteiger charge is -2.14. The molecular formula is C17H27NO4. The molecule has 22 heavy (non-hydrogen) atoms. The lowest BCUT2D eigenvalue weighted by Crippen LogP contribution is -2.22. The summed E-state index contributed by atoms with van der Waals surface area (Å²) < 4.78 is 5.45. The molecule has 1 rings (SSSR count). The Hall–Kier alpha value is -1.59. The Morgan fingerprint density at radius 1 is 1.18 bits per heavy atom. The highest BCUT2D eigenvalue weighted by Crippen LogP contribution is 2.14. The third-order valence-corrected chi connectivity index (χ3v) is 3.58. The summed E-state index contributed by atoms with van der Waals surface area (Å²) in [6.07, 6.45) is 5.28. The van der Waals surface area contributed by atoms with E-state index in [2.05, 4.69) is 6.92 Å². The van der Waals surface area contributed by atoms with Crippen molar-refractivity contribution in [1.29, 1.82) is 0 Å². The molecule has 5 nitrogen and oxygen atoms in total. The Morgan fingerprint density at radius 2 is 1.82 bits per heavy atom. The van der Waals surface area contributed by atoms with Gasteiger partial charge in [-0.15, -0.1) is 0 Å². The topological polar surface area (TPSA) is 92.8 Å². The van der Waals surface area contributed by atoms with Crippen LogP contribution in [-0.2, 0) is 0 Å². The predicted octanol–water partition coefficient (Wildman–Crippen LogP) is 2.81. The van der Waals surface area contributed by atoms with Gasteiger partial charge in [0.25, 0.3) is 0 Å². The van der Waals surface area contributed by atoms with Crippen LogP contribution in [0.15, 0.2) is 24.3 Å². The van der Waals surface area contributed by atoms with E-state index >= 15 is 0 Å². The van der Waals surface area contributed by atoms with Gasteiger partial charge in [-0.3, -0.25) is 0 Å². The first-order valence-electron chi connectivity index (χ1n) is 7.92. The summed E-state index contributed by atoms with van der Waals surface area (Å²) >= 11 is 0. The molecule has 0 fully saturated rings. The molecule has 2 unspecified atom stereocenters. The molecule has 0 amide bonds. The normalized spacial score (nSPS) is 13.6. The maximum atomic E-state index is 10.7. The van der Waals surface area contributed by atoms with Crippen LogP contribution < -0.4 is 10.5 Å². The Bertz CT molecular complexity index is 433. The second kappa shape index (κ2) is 10.2. The molecule has 0 radical (unpaired) electrons. The molecule has 0 aromatic heterocycles. The lowest BCUT2D eigenvalue weighted by atomic mass is 10.0. The monoisotopic (exact) mass is 309 g/mol. The number of carbonyl (C=O) groups is 1. The van der Waals surface area contributed by atoms with Crippen molar-refractivity contribution in [3.8, 4) is 5.75 Å². The van der Waals surface area contributed by atoms with Gasteiger partial charge in [0.05, 0.1) is 11.7 Å². The third kappa shape index (κ3) is 7.43. The molecule has 0 saturated heterocycles. The number of rotatable bonds is 11. The first-order valence-corrected chi connectivity index (χ1v) is 7.92. The SMILES string of the molecule is CCCCC(N)CCCC(O)COc1ccc(C(=O)O)cc1. The number of benzene rings is 1. The fourth-order valence-electron chi connectivity index (χ4n) is 2.20. The number of unbranched alkanes of at least 4 members (excludes halogenated alkanes) is 1. The van der Waals surface area contributed by atoms with E-state index in [1.807, 2.05) is 0 Å². The maximum absolute atomic E-state index is 10.7. The van der Waals surface area contributed by atoms with Crippen molar-refractivity contribution in [2.45, 2.75) is 57.6 Å². The molecule has 0 bridgehead atoms. The van der Waals surface area contributed by atoms with Gasteiger partial charge >= 0.3 is 5.97 Å². The van der Waals surface area contributed by atoms with Crippen molar-refractivity contribution in [2.24, 2.45) is 5.73 Å². The molecular weight excluding hydrogens is 282 g/mol. The highest BCUT2D eigenvalue weighted by Gasteiger charge is 2.08. The minimum atomic E-state index is -0.967. The Balaban J connectivity index is 2.19. The van der Waals surface area contributed by atoms with Gasteiger partial charge < -0.3 is 20.7 Å². The summed E-state index contributed by atoms with van der Waals surface area (Å²) in [5.74, 6) is -0.408. The van der Waals surface area contributed by atoms with E-state index in [1.165, 1.54) is 12.1 Å². The first kappa shape index (κ1) is 18.5. The van der Waals surface area contributed by atoms with Crippen LogP contribution in [0.2, 0.25) is 0 Å². The van der Waals surface area contributed by atoms with Gasteiger partial charge in [-0.05, 0) is 49.9 Å². The number of hydrogen-bond acceptors (Lipinski definition) is 4. The summed E-state index contributed by atoms with van der Waals surface area (Å²) in [7, 11) is 0. The quantitative estimate of drug-likeness (QED) is 0.584. The summed E-state index contributed by atoms with van der Waals surface area (Å²) in [5.41, 5.74) is 6.21. The number of nitrogens with two attached hydrogens (primary N) is 1. The minimum Gasteiger partial charge on any atom is -0.491 e. The Kier molecular flexibility index (Phi) is 8.55. The number of ether oxygens (including phenoxy) is 1. The molecule has 4 N–H and O–H groups in total. The second-order valence-corrected chi connectivity index (χ2v) is 5.63. The van der Waals surface area contributed by atoms with Crippen molar-refractivity contribution in [3.05, 3.63) is 29.8 Å². The van der Waals surface area contributed by atoms with E-state index in [9.17, 15) is 9.90 Å². The molecule has 0 aliphatic rings. The fraction of sp³-hybridized carbons (Fsp3) is 0.588. The minimum absolute atomic E-state index is 0.205. The van der Waals surface area contributed by atoms with Crippen LogP contribution in [0.5, 0.6) is 5.75 Å². The van der Waals surface area contributed by atoms with Crippen molar-refractivity contribution in [3.63, 3.8) is 0 Å². The zero-order valence-corrected chi connectivity index (χ0v) is 13.2. The largest absolute Gasteiger partial charge is 0.491 e. The summed E-state index contributed by atoms with van der Waals surface area (Å²) in [6.45, 7) is 2.35. The van der Waals surface area contributed by atoms with Crippen molar-refractivity contribution >= 4 is 5.97 Å². The van der Waals surface area contributed by atoms with E-state index in [-0.39, 0.29) is 18.2 Å². The van der Waals surface area contributed by atoms with Crippen LogP contribution in [0, 0.1) is 0 Å². The van der Waals surface area contributed by atoms with Crippen LogP contribution in [0.1, 0.15) is 55.8 Å². The molecule has 0 heterocycles. The lowest BCUT2D eigenvalue weighted by molar-refractivity contribution is 0.0696. The molecule has 0 saturated carbocycles. The van der Waals surface area contributed by atoms with Gasteiger partial charge in [0, 0.05) is 6.04 Å². The van der Waals surface area contributed by atoms with Gasteiger partial charge in [0.2, 0.25) is 0 Å². The molecule has 2 atom stereocenters. The molecule has 124 valence electrons. The molecule has 1 aromatic rings. The highest BCUT2D eigenvalue weighted by atomic mass is 16.5. The summed E-state index contributed by atoms with van der Waals surface area (Å²) in [5, 5.41) is 18.7. The van der Waals surface area contributed by atoms with Gasteiger partial charge in [0.1, 0.15) is 12.4 Å². The number of aliphatic hydroxyl groups excluding tert-OH is 1. The molecule has 0 spiro atoms. The molecule has 0 aliphatic carbocycles. The molecule has 1 aromatic carbocycles. The standard InChI is InChI=1S/C17H27NO4/c1-2-3-5-14(18)6-4-7-15(19)12-22-16-10-8-13(9-11-16)17(20)21/h8-11,14-15,19H,2-7,12,18H2,1H3,(H,20,21). The molecule has 0 aliphatic heterocycles. The summed E-state index contributed by atoms with van der Waals surface area (Å²) in [6, 6.07) is 6.37. The first-order chi connectivity index (χ1) is 10.5. The average molecular weight is 309 g/mol. The van der Waals surface area contributed by atoms with E-state index in [1.54, 1.807) is 12.1 Å². The van der Waals surface area contributed by atoms with Gasteiger partial charge in [-0.25, -0.2) is 4.79 Å². The zero-order valence-electron chi connectivity index (χ0n) is 13.2. The smallest absolute Gasteiger partial charge is 0.335 e. The average Bonchev–Trinajstić information content (AvgIpc) is 2.51. The van der Waals surface area contributed by atoms with Crippen molar-refractivity contribution < 1.29 is 19.7 Å². The van der Waals surface area contributed by atoms with E-state index < -0.39 is 12.1 Å². The van der Waals surface area contributed by atoms with Crippen LogP contribution in [0.4, 0.5) is 0 Å². The van der Waals surface area contributed by atoms with Crippen molar-refractivity contribution in [2.75, 3.05) is 6.61 Å². The van der Waals surface area contributed by atoms with E-state index in [0.29, 0.717) is 12.2 Å². The highest BCUT2D eigenvalue weighted by molar-refractivity contribution is 5.87. The number of carboxylic acid groups (broad SMARTS) is 1. The Labute approximate surface area is 132 Å². The third-order valence-electron chi connectivity index (χ3n) is 3.58. The molecule has 5 heteroatoms. The van der Waals surface area contributed by atoms with Crippen LogP contribution in [0.25, 0.3) is 0 Å². The number of hydrogen-bond donors (Lipinski definition) is 3. The van der Waals surface area contributed by atoms with Crippen molar-refractivity contribution in [1.82, 2.24) is 0 Å². The number of aliphatic hydroxyl groups is 1. The van der Waals surface area contributed by atoms with E-state index in [0.717, 1.165) is 32.1 Å². The van der Waals surface area contributed by atoms with Crippen LogP contribution >= 0.6 is 0 Å². The maximum Gasteiger partial charge on any atom is 0.335 e. The summed E-state index contributed by atoms with van der Waals surface area (Å²) in [4.78, 5) is 10.7. The van der Waals surface area contributed by atoms with Gasteiger partial charge in [-0.1, -0.05) is 19.8 Å². The van der Waals surface area contributed by atoms with Gasteiger partial charge in [-0.2, -0.15) is 0 Å². The van der Waals surface area contributed by atoms with Gasteiger partial charge in [0.15, 0.2) is 0 Å². The predicted molar refractivity (Wildman–Crippen MR) is 86.3 cm³/mol. The second-order valence-electron chi connectivity index (χ2n) is 5.63. The number of aromatic carboxylic acids is 1. The van der Waals surface area contributed by atoms with Crippen LogP contribution in [0.3, 0.4) is 0 Å². The fourth-order valence-corrected chi connectivity index (χ4v) is 2.20. The van der Waals surface area contributed by atoms with Crippen LogP contribution in [-0.4, -0.2) is 34.9 Å². The Morgan fingerprint density at radius 3 is 2.41 bits per heavy atom. The number of carboxylic acids is 1.